The molecule has 18 heteroatoms. The quantitative estimate of drug-likeness (QED) is 0.112. The number of para-hydroxylation sites is 1. The van der Waals surface area contributed by atoms with Gasteiger partial charge in [-0.25, -0.2) is 13.1 Å². The van der Waals surface area contributed by atoms with Crippen LogP contribution in [-0.4, -0.2) is 131 Å². The number of amides is 2. The summed E-state index contributed by atoms with van der Waals surface area (Å²) < 4.78 is 70.6. The number of benzene rings is 3. The number of hydrogen-bond acceptors (Lipinski definition) is 11. The van der Waals surface area contributed by atoms with Gasteiger partial charge in [0.2, 0.25) is 5.91 Å². The number of nitrogens with one attached hydrogen (secondary N) is 3. The number of anilines is 1. The normalized spacial score (nSPS) is 25.1. The summed E-state index contributed by atoms with van der Waals surface area (Å²) in [5.41, 5.74) is -2.00. The Morgan fingerprint density at radius 1 is 1.05 bits per heavy atom. The minimum atomic E-state index is -5.59. The number of rotatable bonds is 19. The maximum absolute atomic E-state index is 14.4. The third-order valence-electron chi connectivity index (χ3n) is 13.9. The van der Waals surface area contributed by atoms with Crippen LogP contribution in [0.2, 0.25) is 0 Å². The van der Waals surface area contributed by atoms with Crippen molar-refractivity contribution in [3.63, 3.8) is 0 Å². The van der Waals surface area contributed by atoms with Crippen LogP contribution < -0.4 is 25.0 Å². The van der Waals surface area contributed by atoms with E-state index in [1.807, 2.05) is 49.3 Å². The van der Waals surface area contributed by atoms with Crippen LogP contribution in [0.25, 0.3) is 11.1 Å². The summed E-state index contributed by atoms with van der Waals surface area (Å²) in [6, 6.07) is 18.7. The van der Waals surface area contributed by atoms with Crippen molar-refractivity contribution in [3.05, 3.63) is 83.4 Å². The largest absolute Gasteiger partial charge is 0.511 e. The number of halogens is 3. The number of sulfonamides is 1. The van der Waals surface area contributed by atoms with Gasteiger partial charge in [0.15, 0.2) is 0 Å². The summed E-state index contributed by atoms with van der Waals surface area (Å²) in [4.78, 5) is 38.4. The molecular formula is C47H65F3N6O8S. The van der Waals surface area contributed by atoms with Gasteiger partial charge in [0.1, 0.15) is 17.9 Å². The van der Waals surface area contributed by atoms with Crippen molar-refractivity contribution in [2.24, 2.45) is 29.1 Å². The van der Waals surface area contributed by atoms with Crippen LogP contribution in [0, 0.1) is 29.1 Å². The molecule has 9 atom stereocenters. The molecule has 3 aromatic rings. The lowest BCUT2D eigenvalue weighted by atomic mass is 9.45. The molecule has 3 aliphatic carbocycles. The van der Waals surface area contributed by atoms with E-state index in [9.17, 15) is 41.4 Å². The number of aliphatic hydroxyl groups excluding tert-OH is 2. The third-order valence-corrected chi connectivity index (χ3v) is 15.1. The van der Waals surface area contributed by atoms with E-state index in [1.165, 1.54) is 12.2 Å². The molecule has 1 heterocycles. The second kappa shape index (κ2) is 20.3. The summed E-state index contributed by atoms with van der Waals surface area (Å²) in [6.07, 6.45) is 0.649. The second-order valence-corrected chi connectivity index (χ2v) is 20.6. The molecule has 65 heavy (non-hydrogen) atoms. The van der Waals surface area contributed by atoms with E-state index < -0.39 is 58.8 Å². The maximum atomic E-state index is 14.4. The highest BCUT2D eigenvalue weighted by Crippen LogP contribution is 2.61. The predicted molar refractivity (Wildman–Crippen MR) is 242 cm³/mol. The number of ether oxygens (including phenoxy) is 1. The first-order valence-corrected chi connectivity index (χ1v) is 23.6. The van der Waals surface area contributed by atoms with Crippen LogP contribution in [0.5, 0.6) is 5.75 Å². The third kappa shape index (κ3) is 11.1. The molecule has 1 saturated heterocycles. The molecule has 3 unspecified atom stereocenters. The van der Waals surface area contributed by atoms with Crippen molar-refractivity contribution in [1.29, 1.82) is 0 Å². The van der Waals surface area contributed by atoms with Crippen LogP contribution >= 0.6 is 0 Å². The fourth-order valence-corrected chi connectivity index (χ4v) is 10.8. The van der Waals surface area contributed by atoms with Gasteiger partial charge in [-0.05, 0) is 92.8 Å². The molecule has 5 N–H and O–H groups in total. The number of hydrogen-bond donors (Lipinski definition) is 5. The summed E-state index contributed by atoms with van der Waals surface area (Å²) >= 11 is 0. The SMILES string of the molecule is COc1c(CN2O[C@@H](CO)C(C(C)O)[C@H]2C(=O)NC2C[C@H]3C[C@@H]([C@@H]2C)C3(C)C)cccc1-c1cc(C(=O)N[C@@H](Cc2ccccc2)CN(C)C)cc(N(C)CCNS(=O)(=O)C(F)(F)F)c1. The first-order valence-electron chi connectivity index (χ1n) is 22.2. The Morgan fingerprint density at radius 2 is 1.75 bits per heavy atom. The van der Waals surface area contributed by atoms with Gasteiger partial charge < -0.3 is 35.4 Å². The van der Waals surface area contributed by atoms with Crippen LogP contribution in [-0.2, 0) is 32.6 Å². The van der Waals surface area contributed by atoms with Crippen molar-refractivity contribution in [1.82, 2.24) is 25.3 Å². The van der Waals surface area contributed by atoms with E-state index in [1.54, 1.807) is 60.0 Å². The first-order chi connectivity index (χ1) is 30.6. The van der Waals surface area contributed by atoms with Gasteiger partial charge in [-0.2, -0.15) is 18.2 Å². The Balaban J connectivity index is 1.33. The standard InChI is InChI=1S/C47H65F3N6O8S/c1-28-38-23-34(46(38,3)4)24-39(28)53-45(60)42-41(29(2)58)40(27-57)64-56(42)25-31-15-12-16-37(43(31)63-8)32-20-33(22-36(21-32)55(7)18-17-51-65(61,62)47(48,49)50)44(59)52-35(26-54(5)6)19-30-13-10-9-11-14-30/h9-16,20-22,28-29,34-35,38-42,51,57-58H,17-19,23-27H2,1-8H3,(H,52,59)(H,53,60)/t28-,29?,34+,35-,38-,39?,40-,41?,42-/m0/s1. The van der Waals surface area contributed by atoms with Gasteiger partial charge in [-0.15, -0.1) is 0 Å². The van der Waals surface area contributed by atoms with Gasteiger partial charge in [0.25, 0.3) is 5.91 Å². The van der Waals surface area contributed by atoms with Crippen LogP contribution in [0.4, 0.5) is 18.9 Å². The molecule has 358 valence electrons. The lowest BCUT2D eigenvalue weighted by molar-refractivity contribution is -0.183. The number of carbonyl (C=O) groups excluding carboxylic acids is 2. The number of likely N-dealkylation sites (N-methyl/N-ethyl adjacent to an activating group) is 2. The first kappa shape index (κ1) is 50.1. The molecule has 0 radical (unpaired) electrons. The lowest BCUT2D eigenvalue weighted by Crippen LogP contribution is -2.62. The average molecular weight is 931 g/mol. The fourth-order valence-electron chi connectivity index (χ4n) is 10.3. The zero-order chi connectivity index (χ0) is 47.6. The summed E-state index contributed by atoms with van der Waals surface area (Å²) in [5, 5.41) is 29.4. The summed E-state index contributed by atoms with van der Waals surface area (Å²) in [7, 11) is 1.27. The summed E-state index contributed by atoms with van der Waals surface area (Å²) in [5.74, 6) is 0.123. The number of fused-ring (bicyclic) bond motifs is 2. The number of hydroxylamine groups is 2. The molecule has 2 bridgehead atoms. The molecular weight excluding hydrogens is 866 g/mol. The van der Waals surface area contributed by atoms with Crippen molar-refractivity contribution < 1.29 is 51.0 Å². The zero-order valence-electron chi connectivity index (χ0n) is 38.4. The molecule has 7 rings (SSSR count). The van der Waals surface area contributed by atoms with E-state index in [-0.39, 0.29) is 48.0 Å². The zero-order valence-corrected chi connectivity index (χ0v) is 39.2. The maximum Gasteiger partial charge on any atom is 0.511 e. The Kier molecular flexibility index (Phi) is 15.6. The molecule has 0 aromatic heterocycles. The van der Waals surface area contributed by atoms with Crippen molar-refractivity contribution >= 4 is 27.5 Å². The topological polar surface area (TPSA) is 173 Å². The molecule has 4 fully saturated rings. The fraction of sp³-hybridized carbons (Fsp3) is 0.574. The van der Waals surface area contributed by atoms with E-state index >= 15 is 0 Å². The second-order valence-electron chi connectivity index (χ2n) is 18.9. The number of aliphatic hydroxyl groups is 2. The van der Waals surface area contributed by atoms with Gasteiger partial charge in [0, 0.05) is 67.1 Å². The monoisotopic (exact) mass is 930 g/mol. The van der Waals surface area contributed by atoms with Crippen molar-refractivity contribution in [3.8, 4) is 16.9 Å². The summed E-state index contributed by atoms with van der Waals surface area (Å²) in [6.45, 7) is 7.67. The molecule has 14 nitrogen and oxygen atoms in total. The molecule has 3 saturated carbocycles. The predicted octanol–water partition coefficient (Wildman–Crippen LogP) is 4.80. The van der Waals surface area contributed by atoms with Gasteiger partial charge in [0.05, 0.1) is 26.4 Å². The van der Waals surface area contributed by atoms with E-state index in [0.29, 0.717) is 52.9 Å². The van der Waals surface area contributed by atoms with E-state index in [0.717, 1.165) is 18.4 Å². The van der Waals surface area contributed by atoms with Gasteiger partial charge in [-0.1, -0.05) is 69.3 Å². The molecule has 3 aromatic carbocycles. The van der Waals surface area contributed by atoms with Crippen LogP contribution in [0.3, 0.4) is 0 Å². The minimum Gasteiger partial charge on any atom is -0.496 e. The number of nitrogens with zero attached hydrogens (tertiary/aromatic N) is 3. The lowest BCUT2D eigenvalue weighted by Gasteiger charge is -2.62. The van der Waals surface area contributed by atoms with Gasteiger partial charge in [-0.3, -0.25) is 14.4 Å². The van der Waals surface area contributed by atoms with Crippen molar-refractivity contribution in [2.75, 3.05) is 59.4 Å². The molecule has 1 aliphatic heterocycles. The van der Waals surface area contributed by atoms with Crippen molar-refractivity contribution in [2.45, 2.75) is 89.3 Å². The Hall–Kier alpha value is -4.30. The number of alkyl halides is 3. The highest BCUT2D eigenvalue weighted by molar-refractivity contribution is 7.90. The highest BCUT2D eigenvalue weighted by atomic mass is 32.2. The average Bonchev–Trinajstić information content (AvgIpc) is 3.62. The van der Waals surface area contributed by atoms with Crippen LogP contribution in [0.1, 0.15) is 62.0 Å². The van der Waals surface area contributed by atoms with Crippen LogP contribution in [0.15, 0.2) is 66.7 Å². The number of methoxy groups -OCH3 is 1. The molecule has 0 spiro atoms. The van der Waals surface area contributed by atoms with E-state index in [4.69, 9.17) is 9.57 Å². The van der Waals surface area contributed by atoms with Gasteiger partial charge >= 0.3 is 15.5 Å². The number of carbonyl (C=O) groups is 2. The highest BCUT2D eigenvalue weighted by Gasteiger charge is 2.57. The smallest absolute Gasteiger partial charge is 0.496 e. The Morgan fingerprint density at radius 3 is 2.35 bits per heavy atom. The Labute approximate surface area is 380 Å². The molecule has 4 aliphatic rings. The molecule has 2 amide bonds. The van der Waals surface area contributed by atoms with E-state index in [2.05, 4.69) is 31.4 Å². The Bertz CT molecular complexity index is 2250. The minimum absolute atomic E-state index is 0.00527.